The van der Waals surface area contributed by atoms with Crippen molar-refractivity contribution in [3.8, 4) is 0 Å². The fourth-order valence-electron chi connectivity index (χ4n) is 2.28. The average molecular weight is 396 g/mol. The van der Waals surface area contributed by atoms with Crippen molar-refractivity contribution in [1.29, 1.82) is 0 Å². The van der Waals surface area contributed by atoms with E-state index in [4.69, 9.17) is 0 Å². The van der Waals surface area contributed by atoms with Gasteiger partial charge in [-0.25, -0.2) is 13.8 Å². The van der Waals surface area contributed by atoms with Gasteiger partial charge in [-0.3, -0.25) is 4.98 Å². The molecule has 1 aromatic rings. The van der Waals surface area contributed by atoms with Crippen molar-refractivity contribution in [2.24, 2.45) is 0 Å². The first kappa shape index (κ1) is 26.2. The number of nitrogens with zero attached hydrogens (tertiary/aromatic N) is 2. The molecule has 0 spiro atoms. The molecule has 3 rings (SSSR count). The number of aromatic nitrogens is 1. The second kappa shape index (κ2) is 12.7. The summed E-state index contributed by atoms with van der Waals surface area (Å²) in [6.45, 7) is 15.9. The van der Waals surface area contributed by atoms with E-state index in [-0.39, 0.29) is 13.1 Å². The Balaban J connectivity index is 0.000000445. The molecule has 0 atom stereocenters. The molecule has 1 aromatic heterocycles. The Morgan fingerprint density at radius 1 is 1.18 bits per heavy atom. The first-order valence-corrected chi connectivity index (χ1v) is 10.4. The molecule has 5 heteroatoms. The summed E-state index contributed by atoms with van der Waals surface area (Å²) >= 11 is 0. The van der Waals surface area contributed by atoms with Crippen LogP contribution in [0.1, 0.15) is 72.6 Å². The Morgan fingerprint density at radius 3 is 2.18 bits per heavy atom. The van der Waals surface area contributed by atoms with E-state index < -0.39 is 5.92 Å². The number of alkyl halides is 2. The largest absolute Gasteiger partial charge is 0.326 e. The van der Waals surface area contributed by atoms with Crippen LogP contribution in [0.25, 0.3) is 0 Å². The Hall–Kier alpha value is -1.75. The summed E-state index contributed by atoms with van der Waals surface area (Å²) in [5.41, 5.74) is 6.89. The van der Waals surface area contributed by atoms with Gasteiger partial charge < -0.3 is 5.43 Å². The van der Waals surface area contributed by atoms with Crippen LogP contribution in [0.2, 0.25) is 0 Å². The first-order chi connectivity index (χ1) is 13.2. The van der Waals surface area contributed by atoms with Gasteiger partial charge in [-0.2, -0.15) is 0 Å². The summed E-state index contributed by atoms with van der Waals surface area (Å²) in [5.74, 6) is -2.50. The number of hydrogen-bond donors (Lipinski definition) is 1. The van der Waals surface area contributed by atoms with Crippen molar-refractivity contribution in [2.75, 3.05) is 13.1 Å². The number of pyridine rings is 1. The van der Waals surface area contributed by atoms with E-state index in [1.165, 1.54) is 29.1 Å². The van der Waals surface area contributed by atoms with Crippen LogP contribution in [0, 0.1) is 6.92 Å². The average Bonchev–Trinajstić information content (AvgIpc) is 3.43. The molecule has 1 saturated carbocycles. The van der Waals surface area contributed by atoms with E-state index >= 15 is 0 Å². The zero-order valence-electron chi connectivity index (χ0n) is 18.9. The molecule has 28 heavy (non-hydrogen) atoms. The lowest BCUT2D eigenvalue weighted by Gasteiger charge is -2.38. The molecular weight excluding hydrogens is 356 g/mol. The normalized spacial score (nSPS) is 19.0. The fraction of sp³-hybridized carbons (Fsp3) is 0.609. The van der Waals surface area contributed by atoms with Crippen molar-refractivity contribution >= 4 is 0 Å². The van der Waals surface area contributed by atoms with Gasteiger partial charge in [0.25, 0.3) is 5.92 Å². The van der Waals surface area contributed by atoms with Gasteiger partial charge in [0.2, 0.25) is 0 Å². The number of hydrazine groups is 1. The van der Waals surface area contributed by atoms with Crippen molar-refractivity contribution in [3.63, 3.8) is 0 Å². The zero-order valence-corrected chi connectivity index (χ0v) is 18.9. The number of aryl methyl sites for hydroxylation is 1. The van der Waals surface area contributed by atoms with E-state index in [1.54, 1.807) is 6.20 Å². The zero-order chi connectivity index (χ0) is 21.8. The van der Waals surface area contributed by atoms with Gasteiger partial charge in [0.1, 0.15) is 0 Å². The quantitative estimate of drug-likeness (QED) is 0.597. The van der Waals surface area contributed by atoms with Crippen LogP contribution < -0.4 is 5.43 Å². The van der Waals surface area contributed by atoms with E-state index in [2.05, 4.69) is 36.4 Å². The summed E-state index contributed by atoms with van der Waals surface area (Å²) in [6, 6.07) is 4.25. The molecule has 3 nitrogen and oxygen atoms in total. The lowest BCUT2D eigenvalue weighted by atomic mass is 10.0. The van der Waals surface area contributed by atoms with Crippen LogP contribution in [0.5, 0.6) is 0 Å². The Morgan fingerprint density at radius 2 is 1.75 bits per heavy atom. The minimum absolute atomic E-state index is 0.202. The molecule has 1 aliphatic carbocycles. The molecular formula is C23H39F2N3. The van der Waals surface area contributed by atoms with Gasteiger partial charge in [-0.15, -0.1) is 0 Å². The summed E-state index contributed by atoms with van der Waals surface area (Å²) < 4.78 is 24.6. The molecule has 1 aliphatic heterocycles. The fourth-order valence-corrected chi connectivity index (χ4v) is 2.28. The second-order valence-electron chi connectivity index (χ2n) is 6.99. The third-order valence-corrected chi connectivity index (χ3v) is 4.44. The number of allylic oxidation sites excluding steroid dienone is 3. The van der Waals surface area contributed by atoms with Crippen LogP contribution in [-0.2, 0) is 5.41 Å². The molecule has 0 bridgehead atoms. The van der Waals surface area contributed by atoms with Gasteiger partial charge in [0, 0.05) is 23.5 Å². The summed E-state index contributed by atoms with van der Waals surface area (Å²) in [7, 11) is 0. The van der Waals surface area contributed by atoms with Crippen LogP contribution in [0.15, 0.2) is 42.3 Å². The predicted molar refractivity (Wildman–Crippen MR) is 116 cm³/mol. The smallest absolute Gasteiger partial charge is 0.276 e. The number of rotatable bonds is 4. The summed E-state index contributed by atoms with van der Waals surface area (Å²) in [4.78, 5) is 4.37. The SMILES string of the molecule is C/C=C(C)\C=C/NN1CC(F)(F)C1.CC.CC.Cc1ccnc(C2(C)CC2)c1. The van der Waals surface area contributed by atoms with Gasteiger partial charge in [0.15, 0.2) is 0 Å². The molecule has 0 aromatic carbocycles. The van der Waals surface area contributed by atoms with E-state index in [9.17, 15) is 8.78 Å². The Bertz CT molecular complexity index is 612. The third-order valence-electron chi connectivity index (χ3n) is 4.44. The topological polar surface area (TPSA) is 28.2 Å². The van der Waals surface area contributed by atoms with E-state index in [1.807, 2.05) is 59.9 Å². The van der Waals surface area contributed by atoms with Crippen molar-refractivity contribution in [3.05, 3.63) is 53.5 Å². The molecule has 2 fully saturated rings. The van der Waals surface area contributed by atoms with Crippen molar-refractivity contribution in [1.82, 2.24) is 15.4 Å². The molecule has 1 saturated heterocycles. The van der Waals surface area contributed by atoms with E-state index in [0.717, 1.165) is 5.57 Å². The van der Waals surface area contributed by atoms with Crippen LogP contribution in [0.4, 0.5) is 8.78 Å². The maximum atomic E-state index is 12.3. The van der Waals surface area contributed by atoms with E-state index in [0.29, 0.717) is 5.41 Å². The predicted octanol–water partition coefficient (Wildman–Crippen LogP) is 6.42. The highest BCUT2D eigenvalue weighted by Crippen LogP contribution is 2.46. The standard InChI is InChI=1S/C10H13N.C9H14F2N2.2C2H6/c1-8-3-6-11-9(7-8)10(2)4-5-10;1-3-8(2)4-5-12-13-6-9(10,11)7-13;2*1-2/h3,6-7H,4-5H2,1-2H3;3-5,12H,6-7H2,1-2H3;2*1-2H3/b;5-4-,8-3-;;. The van der Waals surface area contributed by atoms with Crippen LogP contribution >= 0.6 is 0 Å². The molecule has 2 heterocycles. The van der Waals surface area contributed by atoms with Crippen molar-refractivity contribution < 1.29 is 8.78 Å². The second-order valence-corrected chi connectivity index (χ2v) is 6.99. The van der Waals surface area contributed by atoms with Gasteiger partial charge in [-0.1, -0.05) is 46.3 Å². The molecule has 2 aliphatic rings. The molecule has 160 valence electrons. The molecule has 0 radical (unpaired) electrons. The minimum Gasteiger partial charge on any atom is -0.326 e. The summed E-state index contributed by atoms with van der Waals surface area (Å²) in [6.07, 6.45) is 9.99. The minimum atomic E-state index is -2.50. The number of halogens is 2. The van der Waals surface area contributed by atoms with Crippen LogP contribution in [-0.4, -0.2) is 29.0 Å². The lowest BCUT2D eigenvalue weighted by Crippen LogP contribution is -2.60. The lowest BCUT2D eigenvalue weighted by molar-refractivity contribution is -0.144. The molecule has 0 amide bonds. The van der Waals surface area contributed by atoms with Gasteiger partial charge in [-0.05, 0) is 57.4 Å². The highest BCUT2D eigenvalue weighted by atomic mass is 19.3. The molecule has 1 N–H and O–H groups in total. The highest BCUT2D eigenvalue weighted by molar-refractivity contribution is 5.26. The number of hydrogen-bond acceptors (Lipinski definition) is 3. The third kappa shape index (κ3) is 9.45. The van der Waals surface area contributed by atoms with Crippen LogP contribution in [0.3, 0.4) is 0 Å². The van der Waals surface area contributed by atoms with Gasteiger partial charge in [0.05, 0.1) is 13.1 Å². The number of nitrogens with one attached hydrogen (secondary N) is 1. The first-order valence-electron chi connectivity index (χ1n) is 10.4. The summed E-state index contributed by atoms with van der Waals surface area (Å²) in [5, 5.41) is 1.47. The highest BCUT2D eigenvalue weighted by Gasteiger charge is 2.43. The van der Waals surface area contributed by atoms with Crippen molar-refractivity contribution in [2.45, 2.75) is 79.6 Å². The maximum absolute atomic E-state index is 12.3. The Kier molecular flexibility index (Phi) is 11.9. The Labute approximate surface area is 170 Å². The molecule has 0 unspecified atom stereocenters. The monoisotopic (exact) mass is 395 g/mol. The maximum Gasteiger partial charge on any atom is 0.276 e. The van der Waals surface area contributed by atoms with Gasteiger partial charge >= 0.3 is 0 Å².